The van der Waals surface area contributed by atoms with Crippen molar-refractivity contribution in [3.63, 3.8) is 0 Å². The highest BCUT2D eigenvalue weighted by Crippen LogP contribution is 2.24. The molecule has 0 spiro atoms. The van der Waals surface area contributed by atoms with Crippen LogP contribution in [0.5, 0.6) is 0 Å². The second-order valence-corrected chi connectivity index (χ2v) is 7.97. The maximum atomic E-state index is 14.4. The van der Waals surface area contributed by atoms with E-state index in [1.54, 1.807) is 16.6 Å². The van der Waals surface area contributed by atoms with E-state index in [2.05, 4.69) is 17.0 Å². The van der Waals surface area contributed by atoms with Crippen molar-refractivity contribution in [3.05, 3.63) is 47.5 Å². The highest BCUT2D eigenvalue weighted by molar-refractivity contribution is 6.32. The van der Waals surface area contributed by atoms with Crippen LogP contribution in [0.1, 0.15) is 55.7 Å². The predicted octanol–water partition coefficient (Wildman–Crippen LogP) is 2.76. The van der Waals surface area contributed by atoms with Crippen molar-refractivity contribution >= 4 is 24.9 Å². The van der Waals surface area contributed by atoms with Crippen LogP contribution in [-0.2, 0) is 6.42 Å². The Bertz CT molecular complexity index is 1060. The average molecular weight is 392 g/mol. The first-order valence-electron chi connectivity index (χ1n) is 10.4. The van der Waals surface area contributed by atoms with Gasteiger partial charge in [-0.2, -0.15) is 5.10 Å². The molecular formula is C22H26BFN4O. The summed E-state index contributed by atoms with van der Waals surface area (Å²) in [5, 5.41) is 4.58. The lowest BCUT2D eigenvalue weighted by Gasteiger charge is -2.27. The fourth-order valence-corrected chi connectivity index (χ4v) is 4.08. The summed E-state index contributed by atoms with van der Waals surface area (Å²) >= 11 is 0. The number of aromatic nitrogens is 3. The second-order valence-electron chi connectivity index (χ2n) is 7.97. The molecule has 0 N–H and O–H groups in total. The molecule has 1 amide bonds. The largest absolute Gasteiger partial charge is 0.335 e. The highest BCUT2D eigenvalue weighted by atomic mass is 19.1. The number of fused-ring (bicyclic) bond motifs is 1. The number of nitrogens with zero attached hydrogens (tertiary/aromatic N) is 4. The molecule has 2 aromatic heterocycles. The molecule has 1 aliphatic rings. The van der Waals surface area contributed by atoms with E-state index in [-0.39, 0.29) is 17.8 Å². The van der Waals surface area contributed by atoms with Crippen LogP contribution in [0.2, 0.25) is 0 Å². The van der Waals surface area contributed by atoms with Crippen molar-refractivity contribution < 1.29 is 9.18 Å². The normalized spacial score (nSPS) is 17.5. The van der Waals surface area contributed by atoms with Gasteiger partial charge in [-0.05, 0) is 38.3 Å². The first-order valence-corrected chi connectivity index (χ1v) is 10.4. The Labute approximate surface area is 171 Å². The first-order chi connectivity index (χ1) is 14.0. The Balaban J connectivity index is 1.76. The third-order valence-electron chi connectivity index (χ3n) is 5.80. The fraction of sp³-hybridized carbons (Fsp3) is 0.409. The number of benzene rings is 1. The van der Waals surface area contributed by atoms with Crippen molar-refractivity contribution in [1.29, 1.82) is 0 Å². The van der Waals surface area contributed by atoms with E-state index in [1.165, 1.54) is 6.07 Å². The Morgan fingerprint density at radius 1 is 1.24 bits per heavy atom. The van der Waals surface area contributed by atoms with Gasteiger partial charge >= 0.3 is 0 Å². The zero-order valence-corrected chi connectivity index (χ0v) is 17.3. The SMILES string of the molecule is Bc1ccc(-c2cc3nc(C(=O)N4CCCCCC4C)cc(CC)n3n2)c(F)c1. The average Bonchev–Trinajstić information content (AvgIpc) is 3.01. The number of halogens is 1. The van der Waals surface area contributed by atoms with Crippen LogP contribution in [0.4, 0.5) is 4.39 Å². The van der Waals surface area contributed by atoms with Gasteiger partial charge in [-0.1, -0.05) is 37.4 Å². The maximum Gasteiger partial charge on any atom is 0.272 e. The number of hydrogen-bond acceptors (Lipinski definition) is 3. The van der Waals surface area contributed by atoms with Crippen LogP contribution < -0.4 is 5.46 Å². The van der Waals surface area contributed by atoms with Crippen LogP contribution in [0.3, 0.4) is 0 Å². The minimum atomic E-state index is -0.304. The number of rotatable bonds is 3. The molecule has 1 atom stereocenters. The smallest absolute Gasteiger partial charge is 0.272 e. The molecule has 3 heterocycles. The van der Waals surface area contributed by atoms with Crippen molar-refractivity contribution in [3.8, 4) is 11.3 Å². The van der Waals surface area contributed by atoms with Gasteiger partial charge in [0.15, 0.2) is 5.65 Å². The van der Waals surface area contributed by atoms with Crippen molar-refractivity contribution in [2.75, 3.05) is 6.54 Å². The van der Waals surface area contributed by atoms with E-state index in [1.807, 2.05) is 31.8 Å². The summed E-state index contributed by atoms with van der Waals surface area (Å²) < 4.78 is 16.2. The highest BCUT2D eigenvalue weighted by Gasteiger charge is 2.25. The predicted molar refractivity (Wildman–Crippen MR) is 115 cm³/mol. The number of amides is 1. The Morgan fingerprint density at radius 3 is 2.83 bits per heavy atom. The summed E-state index contributed by atoms with van der Waals surface area (Å²) in [6, 6.07) is 8.92. The molecule has 4 rings (SSSR count). The monoisotopic (exact) mass is 392 g/mol. The van der Waals surface area contributed by atoms with Gasteiger partial charge in [0, 0.05) is 29.9 Å². The quantitative estimate of drug-likeness (QED) is 0.645. The summed E-state index contributed by atoms with van der Waals surface area (Å²) in [6.07, 6.45) is 5.08. The van der Waals surface area contributed by atoms with Crippen LogP contribution >= 0.6 is 0 Å². The van der Waals surface area contributed by atoms with Crippen molar-refractivity contribution in [2.45, 2.75) is 52.0 Å². The Kier molecular flexibility index (Phi) is 5.39. The topological polar surface area (TPSA) is 50.5 Å². The minimum absolute atomic E-state index is 0.0270. The van der Waals surface area contributed by atoms with Gasteiger partial charge in [0.2, 0.25) is 0 Å². The molecule has 3 aromatic rings. The summed E-state index contributed by atoms with van der Waals surface area (Å²) in [4.78, 5) is 19.8. The van der Waals surface area contributed by atoms with E-state index in [9.17, 15) is 9.18 Å². The van der Waals surface area contributed by atoms with Gasteiger partial charge in [-0.25, -0.2) is 13.9 Å². The summed E-state index contributed by atoms with van der Waals surface area (Å²) in [7, 11) is 1.86. The van der Waals surface area contributed by atoms with Gasteiger partial charge in [-0.3, -0.25) is 4.79 Å². The van der Waals surface area contributed by atoms with Crippen molar-refractivity contribution in [2.24, 2.45) is 0 Å². The van der Waals surface area contributed by atoms with Crippen molar-refractivity contribution in [1.82, 2.24) is 19.5 Å². The zero-order valence-electron chi connectivity index (χ0n) is 17.3. The lowest BCUT2D eigenvalue weighted by molar-refractivity contribution is 0.0692. The Morgan fingerprint density at radius 2 is 2.07 bits per heavy atom. The molecule has 5 nitrogen and oxygen atoms in total. The molecule has 1 fully saturated rings. The van der Waals surface area contributed by atoms with Crippen LogP contribution in [0.15, 0.2) is 30.3 Å². The van der Waals surface area contributed by atoms with E-state index >= 15 is 0 Å². The van der Waals surface area contributed by atoms with E-state index < -0.39 is 0 Å². The summed E-state index contributed by atoms with van der Waals surface area (Å²) in [5.41, 5.74) is 3.74. The standard InChI is InChI=1S/C22H26BFN4O/c1-3-16-12-20(22(29)27-10-6-4-5-7-14(27)2)25-21-13-19(26-28(16)21)17-9-8-15(23)11-18(17)24/h8-9,11-14H,3-7,10,23H2,1-2H3. The Hall–Kier alpha value is -2.70. The van der Waals surface area contributed by atoms with E-state index in [0.717, 1.165) is 43.4 Å². The summed E-state index contributed by atoms with van der Waals surface area (Å²) in [5.74, 6) is -0.331. The number of likely N-dealkylation sites (tertiary alicyclic amines) is 1. The first kappa shape index (κ1) is 19.6. The van der Waals surface area contributed by atoms with Crippen LogP contribution in [0, 0.1) is 5.82 Å². The van der Waals surface area contributed by atoms with Gasteiger partial charge in [-0.15, -0.1) is 0 Å². The van der Waals surface area contributed by atoms with E-state index in [4.69, 9.17) is 0 Å². The zero-order chi connectivity index (χ0) is 20.5. The molecule has 7 heteroatoms. The molecule has 0 saturated carbocycles. The van der Waals surface area contributed by atoms with Gasteiger partial charge in [0.05, 0.1) is 5.69 Å². The van der Waals surface area contributed by atoms with Gasteiger partial charge in [0.1, 0.15) is 19.4 Å². The van der Waals surface area contributed by atoms with E-state index in [0.29, 0.717) is 29.0 Å². The lowest BCUT2D eigenvalue weighted by Crippen LogP contribution is -2.38. The molecular weight excluding hydrogens is 366 g/mol. The third kappa shape index (κ3) is 3.78. The molecule has 0 radical (unpaired) electrons. The molecule has 150 valence electrons. The lowest BCUT2D eigenvalue weighted by atomic mass is 9.94. The molecule has 1 unspecified atom stereocenters. The van der Waals surface area contributed by atoms with Crippen LogP contribution in [-0.4, -0.2) is 45.8 Å². The van der Waals surface area contributed by atoms with Gasteiger partial charge < -0.3 is 4.90 Å². The third-order valence-corrected chi connectivity index (χ3v) is 5.80. The second kappa shape index (κ2) is 7.97. The molecule has 1 saturated heterocycles. The number of carbonyl (C=O) groups is 1. The molecule has 0 bridgehead atoms. The molecule has 0 aliphatic carbocycles. The number of carbonyl (C=O) groups excluding carboxylic acids is 1. The van der Waals surface area contributed by atoms with Crippen LogP contribution in [0.25, 0.3) is 16.9 Å². The summed E-state index contributed by atoms with van der Waals surface area (Å²) in [6.45, 7) is 4.90. The number of hydrogen-bond donors (Lipinski definition) is 0. The molecule has 1 aliphatic heterocycles. The molecule has 1 aromatic carbocycles. The fourth-order valence-electron chi connectivity index (χ4n) is 4.08. The molecule has 29 heavy (non-hydrogen) atoms. The number of aryl methyl sites for hydroxylation is 1. The van der Waals surface area contributed by atoms with Gasteiger partial charge in [0.25, 0.3) is 5.91 Å². The minimum Gasteiger partial charge on any atom is -0.335 e. The maximum absolute atomic E-state index is 14.4.